The molecule has 1 heterocycles. The van der Waals surface area contributed by atoms with E-state index in [0.717, 1.165) is 0 Å². The van der Waals surface area contributed by atoms with E-state index >= 15 is 0 Å². The van der Waals surface area contributed by atoms with Gasteiger partial charge >= 0.3 is 5.97 Å². The summed E-state index contributed by atoms with van der Waals surface area (Å²) in [5.41, 5.74) is 0.450. The minimum Gasteiger partial charge on any atom is -0.493 e. The van der Waals surface area contributed by atoms with Crippen molar-refractivity contribution in [1.82, 2.24) is 5.06 Å². The number of hydrogen-bond donors (Lipinski definition) is 0. The summed E-state index contributed by atoms with van der Waals surface area (Å²) in [6.45, 7) is 2.06. The Morgan fingerprint density at radius 3 is 2.29 bits per heavy atom. The number of fused-ring (bicyclic) bond motifs is 1. The van der Waals surface area contributed by atoms with E-state index in [2.05, 4.69) is 0 Å². The molecule has 7 heteroatoms. The topological polar surface area (TPSA) is 72.9 Å². The molecule has 0 spiro atoms. The SMILES string of the molecule is CCOc1cc(Cl)ccc1C(=O)ON1C(=O)c2ccccc2C1=O. The van der Waals surface area contributed by atoms with Crippen LogP contribution in [0.25, 0.3) is 0 Å². The predicted octanol–water partition coefficient (Wildman–Crippen LogP) is 3.11. The van der Waals surface area contributed by atoms with Crippen LogP contribution in [0.3, 0.4) is 0 Å². The van der Waals surface area contributed by atoms with Crippen LogP contribution >= 0.6 is 11.6 Å². The number of imide groups is 1. The Morgan fingerprint density at radius 1 is 1.08 bits per heavy atom. The van der Waals surface area contributed by atoms with Gasteiger partial charge in [0.05, 0.1) is 17.7 Å². The maximum atomic E-state index is 12.4. The lowest BCUT2D eigenvalue weighted by Crippen LogP contribution is -2.32. The van der Waals surface area contributed by atoms with E-state index in [1.54, 1.807) is 19.1 Å². The summed E-state index contributed by atoms with van der Waals surface area (Å²) in [6, 6.07) is 10.6. The molecule has 24 heavy (non-hydrogen) atoms. The number of ether oxygens (including phenoxy) is 1. The number of nitrogens with zero attached hydrogens (tertiary/aromatic N) is 1. The monoisotopic (exact) mass is 345 g/mol. The molecular weight excluding hydrogens is 334 g/mol. The van der Waals surface area contributed by atoms with E-state index < -0.39 is 17.8 Å². The van der Waals surface area contributed by atoms with E-state index in [4.69, 9.17) is 21.2 Å². The lowest BCUT2D eigenvalue weighted by Gasteiger charge is -2.14. The molecule has 0 saturated heterocycles. The van der Waals surface area contributed by atoms with Gasteiger partial charge in [-0.2, -0.15) is 0 Å². The molecule has 1 aliphatic heterocycles. The molecule has 2 amide bonds. The van der Waals surface area contributed by atoms with E-state index in [-0.39, 0.29) is 22.4 Å². The molecule has 0 aliphatic carbocycles. The molecule has 6 nitrogen and oxygen atoms in total. The van der Waals surface area contributed by atoms with Gasteiger partial charge in [-0.25, -0.2) is 4.79 Å². The summed E-state index contributed by atoms with van der Waals surface area (Å²) in [6.07, 6.45) is 0. The average molecular weight is 346 g/mol. The summed E-state index contributed by atoms with van der Waals surface area (Å²) in [7, 11) is 0. The first-order valence-electron chi connectivity index (χ1n) is 7.15. The molecule has 0 fully saturated rings. The third-order valence-corrected chi connectivity index (χ3v) is 3.63. The summed E-state index contributed by atoms with van der Waals surface area (Å²) < 4.78 is 5.35. The van der Waals surface area contributed by atoms with Crippen molar-refractivity contribution in [3.63, 3.8) is 0 Å². The second-order valence-corrected chi connectivity index (χ2v) is 5.34. The number of halogens is 1. The highest BCUT2D eigenvalue weighted by Gasteiger charge is 2.39. The van der Waals surface area contributed by atoms with Gasteiger partial charge in [-0.3, -0.25) is 9.59 Å². The van der Waals surface area contributed by atoms with Gasteiger partial charge in [0.25, 0.3) is 11.8 Å². The van der Waals surface area contributed by atoms with Gasteiger partial charge in [-0.05, 0) is 37.3 Å². The van der Waals surface area contributed by atoms with Crippen LogP contribution in [-0.4, -0.2) is 29.5 Å². The highest BCUT2D eigenvalue weighted by atomic mass is 35.5. The van der Waals surface area contributed by atoms with Crippen LogP contribution < -0.4 is 4.74 Å². The molecule has 2 aromatic rings. The third kappa shape index (κ3) is 2.72. The predicted molar refractivity (Wildman–Crippen MR) is 85.0 cm³/mol. The quantitative estimate of drug-likeness (QED) is 0.796. The number of carbonyl (C=O) groups is 3. The van der Waals surface area contributed by atoms with E-state index in [0.29, 0.717) is 16.7 Å². The fourth-order valence-electron chi connectivity index (χ4n) is 2.32. The van der Waals surface area contributed by atoms with Gasteiger partial charge in [-0.15, -0.1) is 0 Å². The molecule has 2 aromatic carbocycles. The molecule has 1 aliphatic rings. The Kier molecular flexibility index (Phi) is 4.22. The zero-order valence-electron chi connectivity index (χ0n) is 12.6. The van der Waals surface area contributed by atoms with Gasteiger partial charge in [0, 0.05) is 5.02 Å². The fraction of sp³-hybridized carbons (Fsp3) is 0.118. The smallest absolute Gasteiger partial charge is 0.367 e. The molecule has 0 atom stereocenters. The Labute approximate surface area is 142 Å². The summed E-state index contributed by atoms with van der Waals surface area (Å²) >= 11 is 5.88. The van der Waals surface area contributed by atoms with Crippen molar-refractivity contribution in [2.75, 3.05) is 6.61 Å². The van der Waals surface area contributed by atoms with Crippen LogP contribution in [0, 0.1) is 0 Å². The molecule has 122 valence electrons. The minimum absolute atomic E-state index is 0.0674. The molecule has 0 saturated carbocycles. The Balaban J connectivity index is 1.87. The van der Waals surface area contributed by atoms with Crippen molar-refractivity contribution in [3.8, 4) is 5.75 Å². The van der Waals surface area contributed by atoms with Crippen LogP contribution in [0.15, 0.2) is 42.5 Å². The van der Waals surface area contributed by atoms with Crippen molar-refractivity contribution in [2.45, 2.75) is 6.92 Å². The molecule has 3 rings (SSSR count). The highest BCUT2D eigenvalue weighted by Crippen LogP contribution is 2.27. The van der Waals surface area contributed by atoms with Gasteiger partial charge in [0.1, 0.15) is 11.3 Å². The molecule has 0 bridgehead atoms. The highest BCUT2D eigenvalue weighted by molar-refractivity contribution is 6.30. The van der Waals surface area contributed by atoms with E-state index in [9.17, 15) is 14.4 Å². The number of hydroxylamine groups is 2. The van der Waals surface area contributed by atoms with Gasteiger partial charge in [0.15, 0.2) is 0 Å². The van der Waals surface area contributed by atoms with Crippen molar-refractivity contribution < 1.29 is 24.0 Å². The number of rotatable bonds is 4. The van der Waals surface area contributed by atoms with E-state index in [1.165, 1.54) is 30.3 Å². The van der Waals surface area contributed by atoms with Crippen molar-refractivity contribution in [1.29, 1.82) is 0 Å². The fourth-order valence-corrected chi connectivity index (χ4v) is 2.48. The maximum Gasteiger partial charge on any atom is 0.367 e. The van der Waals surface area contributed by atoms with Gasteiger partial charge in [-0.1, -0.05) is 28.8 Å². The molecule has 0 unspecified atom stereocenters. The Bertz CT molecular complexity index is 814. The Hall–Kier alpha value is -2.86. The second kappa shape index (κ2) is 6.33. The van der Waals surface area contributed by atoms with Crippen molar-refractivity contribution >= 4 is 29.4 Å². The first-order valence-corrected chi connectivity index (χ1v) is 7.53. The average Bonchev–Trinajstić information content (AvgIpc) is 2.81. The lowest BCUT2D eigenvalue weighted by atomic mass is 10.1. The standard InChI is InChI=1S/C17H12ClNO5/c1-2-23-14-9-10(18)7-8-13(14)17(22)24-19-15(20)11-5-3-4-6-12(11)16(19)21/h3-9H,2H2,1H3. The van der Waals surface area contributed by atoms with E-state index in [1.807, 2.05) is 0 Å². The largest absolute Gasteiger partial charge is 0.493 e. The number of hydrogen-bond acceptors (Lipinski definition) is 5. The van der Waals surface area contributed by atoms with Crippen LogP contribution in [0.5, 0.6) is 5.75 Å². The summed E-state index contributed by atoms with van der Waals surface area (Å²) in [5.74, 6) is -2.04. The normalized spacial score (nSPS) is 13.0. The third-order valence-electron chi connectivity index (χ3n) is 3.39. The van der Waals surface area contributed by atoms with Gasteiger partial charge in [0.2, 0.25) is 0 Å². The second-order valence-electron chi connectivity index (χ2n) is 4.90. The molecular formula is C17H12ClNO5. The molecule has 0 N–H and O–H groups in total. The number of benzene rings is 2. The van der Waals surface area contributed by atoms with Crippen molar-refractivity contribution in [3.05, 3.63) is 64.2 Å². The van der Waals surface area contributed by atoms with Crippen LogP contribution in [0.2, 0.25) is 5.02 Å². The number of carbonyl (C=O) groups excluding carboxylic acids is 3. The van der Waals surface area contributed by atoms with Crippen molar-refractivity contribution in [2.24, 2.45) is 0 Å². The first kappa shape index (κ1) is 16.0. The maximum absolute atomic E-state index is 12.4. The Morgan fingerprint density at radius 2 is 1.71 bits per heavy atom. The zero-order valence-corrected chi connectivity index (χ0v) is 13.4. The molecule has 0 aromatic heterocycles. The lowest BCUT2D eigenvalue weighted by molar-refractivity contribution is -0.0586. The van der Waals surface area contributed by atoms with Crippen LogP contribution in [-0.2, 0) is 4.84 Å². The molecule has 0 radical (unpaired) electrons. The summed E-state index contributed by atoms with van der Waals surface area (Å²) in [5, 5.41) is 0.841. The first-order chi connectivity index (χ1) is 11.5. The van der Waals surface area contributed by atoms with Gasteiger partial charge < -0.3 is 9.57 Å². The van der Waals surface area contributed by atoms with Crippen LogP contribution in [0.1, 0.15) is 38.0 Å². The number of amides is 2. The van der Waals surface area contributed by atoms with Crippen LogP contribution in [0.4, 0.5) is 0 Å². The minimum atomic E-state index is -0.885. The zero-order chi connectivity index (χ0) is 17.3. The summed E-state index contributed by atoms with van der Waals surface area (Å²) in [4.78, 5) is 41.8.